The molecule has 1 fully saturated rings. The molecule has 1 heterocycles. The maximum atomic E-state index is 12.9. The Morgan fingerprint density at radius 3 is 2.41 bits per heavy atom. The maximum absolute atomic E-state index is 12.9. The van der Waals surface area contributed by atoms with Crippen molar-refractivity contribution in [1.29, 1.82) is 0 Å². The van der Waals surface area contributed by atoms with Gasteiger partial charge in [0.2, 0.25) is 0 Å². The number of halogens is 2. The molecule has 1 N–H and O–H groups in total. The minimum Gasteiger partial charge on any atom is -0.457 e. The van der Waals surface area contributed by atoms with Crippen molar-refractivity contribution >= 4 is 46.7 Å². The molecule has 3 aromatic carbocycles. The predicted octanol–water partition coefficient (Wildman–Crippen LogP) is 7.07. The largest absolute Gasteiger partial charge is 0.457 e. The Bertz CT molecular complexity index is 996. The first-order chi connectivity index (χ1) is 14.1. The van der Waals surface area contributed by atoms with Gasteiger partial charge in [0.1, 0.15) is 16.9 Å². The van der Waals surface area contributed by atoms with E-state index in [2.05, 4.69) is 5.32 Å². The Hall–Kier alpha value is -2.34. The van der Waals surface area contributed by atoms with Crippen molar-refractivity contribution in [3.05, 3.63) is 88.4 Å². The number of hydrogen-bond donors (Lipinski definition) is 1. The van der Waals surface area contributed by atoms with Crippen LogP contribution in [0, 0.1) is 0 Å². The molecule has 0 saturated carbocycles. The molecule has 0 spiro atoms. The van der Waals surface area contributed by atoms with Gasteiger partial charge in [-0.05, 0) is 42.0 Å². The molecule has 1 atom stereocenters. The van der Waals surface area contributed by atoms with Gasteiger partial charge in [0.25, 0.3) is 0 Å². The lowest BCUT2D eigenvalue weighted by Gasteiger charge is -2.25. The van der Waals surface area contributed by atoms with Gasteiger partial charge in [-0.2, -0.15) is 0 Å². The molecule has 4 nitrogen and oxygen atoms in total. The molecular weight excluding hydrogens is 427 g/mol. The summed E-state index contributed by atoms with van der Waals surface area (Å²) in [7, 11) is 0. The highest BCUT2D eigenvalue weighted by molar-refractivity contribution is 7.99. The number of para-hydroxylation sites is 2. The van der Waals surface area contributed by atoms with E-state index in [1.54, 1.807) is 34.9 Å². The monoisotopic (exact) mass is 444 g/mol. The Morgan fingerprint density at radius 1 is 0.966 bits per heavy atom. The van der Waals surface area contributed by atoms with Gasteiger partial charge < -0.3 is 15.0 Å². The smallest absolute Gasteiger partial charge is 0.323 e. The molecular formula is C22H18Cl2N2O2S. The average molecular weight is 445 g/mol. The standard InChI is InChI=1S/C22H18Cl2N2O2S/c23-18-10-5-11-19(24)20(18)25-22(27)26-12-13-29-21(26)15-6-4-9-17(14-15)28-16-7-2-1-3-8-16/h1-11,14,21H,12-13H2,(H,25,27). The van der Waals surface area contributed by atoms with Crippen molar-refractivity contribution in [2.24, 2.45) is 0 Å². The van der Waals surface area contributed by atoms with E-state index in [9.17, 15) is 4.79 Å². The van der Waals surface area contributed by atoms with Crippen LogP contribution in [0.5, 0.6) is 11.5 Å². The zero-order valence-corrected chi connectivity index (χ0v) is 17.7. The molecule has 0 aliphatic carbocycles. The summed E-state index contributed by atoms with van der Waals surface area (Å²) < 4.78 is 5.94. The maximum Gasteiger partial charge on any atom is 0.323 e. The van der Waals surface area contributed by atoms with Gasteiger partial charge in [0.05, 0.1) is 15.7 Å². The second-order valence-electron chi connectivity index (χ2n) is 6.43. The van der Waals surface area contributed by atoms with E-state index in [0.29, 0.717) is 22.3 Å². The normalized spacial score (nSPS) is 15.9. The van der Waals surface area contributed by atoms with Crippen molar-refractivity contribution in [2.75, 3.05) is 17.6 Å². The first kappa shape index (κ1) is 20.0. The number of urea groups is 1. The molecule has 1 aliphatic heterocycles. The van der Waals surface area contributed by atoms with Gasteiger partial charge in [-0.25, -0.2) is 4.79 Å². The first-order valence-electron chi connectivity index (χ1n) is 9.08. The second-order valence-corrected chi connectivity index (χ2v) is 8.43. The summed E-state index contributed by atoms with van der Waals surface area (Å²) in [5.74, 6) is 2.35. The summed E-state index contributed by atoms with van der Waals surface area (Å²) in [5, 5.41) is 3.56. The van der Waals surface area contributed by atoms with Crippen molar-refractivity contribution in [2.45, 2.75) is 5.37 Å². The highest BCUT2D eigenvalue weighted by Crippen LogP contribution is 2.40. The van der Waals surface area contributed by atoms with Gasteiger partial charge in [0.15, 0.2) is 0 Å². The van der Waals surface area contributed by atoms with Crippen molar-refractivity contribution in [3.63, 3.8) is 0 Å². The molecule has 0 bridgehead atoms. The summed E-state index contributed by atoms with van der Waals surface area (Å²) in [5.41, 5.74) is 1.43. The highest BCUT2D eigenvalue weighted by Gasteiger charge is 2.31. The Balaban J connectivity index is 1.52. The van der Waals surface area contributed by atoms with E-state index in [4.69, 9.17) is 27.9 Å². The van der Waals surface area contributed by atoms with Crippen LogP contribution in [0.3, 0.4) is 0 Å². The van der Waals surface area contributed by atoms with Gasteiger partial charge in [-0.1, -0.05) is 59.6 Å². The molecule has 4 rings (SSSR count). The summed E-state index contributed by atoms with van der Waals surface area (Å²) in [6.07, 6.45) is 0. The number of benzene rings is 3. The van der Waals surface area contributed by atoms with Crippen molar-refractivity contribution in [3.8, 4) is 11.5 Å². The van der Waals surface area contributed by atoms with Crippen LogP contribution in [0.25, 0.3) is 0 Å². The fourth-order valence-corrected chi connectivity index (χ4v) is 4.84. The van der Waals surface area contributed by atoms with Gasteiger partial charge in [0, 0.05) is 12.3 Å². The first-order valence-corrected chi connectivity index (χ1v) is 10.9. The third-order valence-electron chi connectivity index (χ3n) is 4.47. The lowest BCUT2D eigenvalue weighted by atomic mass is 10.2. The minimum absolute atomic E-state index is 0.115. The molecule has 0 radical (unpaired) electrons. The van der Waals surface area contributed by atoms with E-state index < -0.39 is 0 Å². The van der Waals surface area contributed by atoms with Crippen LogP contribution in [0.4, 0.5) is 10.5 Å². The number of nitrogens with one attached hydrogen (secondary N) is 1. The number of anilines is 1. The van der Waals surface area contributed by atoms with Crippen molar-refractivity contribution in [1.82, 2.24) is 4.90 Å². The van der Waals surface area contributed by atoms with E-state index in [-0.39, 0.29) is 11.4 Å². The number of carbonyl (C=O) groups excluding carboxylic acids is 1. The zero-order valence-electron chi connectivity index (χ0n) is 15.3. The second kappa shape index (κ2) is 8.99. The van der Waals surface area contributed by atoms with Gasteiger partial charge in [-0.3, -0.25) is 0 Å². The molecule has 148 valence electrons. The third kappa shape index (κ3) is 4.64. The van der Waals surface area contributed by atoms with E-state index in [1.165, 1.54) is 0 Å². The summed E-state index contributed by atoms with van der Waals surface area (Å²) in [6.45, 7) is 0.632. The number of thioether (sulfide) groups is 1. The molecule has 7 heteroatoms. The van der Waals surface area contributed by atoms with E-state index >= 15 is 0 Å². The van der Waals surface area contributed by atoms with Crippen LogP contribution in [0.15, 0.2) is 72.8 Å². The van der Waals surface area contributed by atoms with Gasteiger partial charge >= 0.3 is 6.03 Å². The van der Waals surface area contributed by atoms with Crippen LogP contribution in [-0.4, -0.2) is 23.2 Å². The lowest BCUT2D eigenvalue weighted by Crippen LogP contribution is -2.34. The SMILES string of the molecule is O=C(Nc1c(Cl)cccc1Cl)N1CCSC1c1cccc(Oc2ccccc2)c1. The number of rotatable bonds is 4. The average Bonchev–Trinajstić information content (AvgIpc) is 3.22. The topological polar surface area (TPSA) is 41.6 Å². The fourth-order valence-electron chi connectivity index (χ4n) is 3.11. The number of carbonyl (C=O) groups is 1. The quantitative estimate of drug-likeness (QED) is 0.467. The molecule has 2 amide bonds. The fraction of sp³-hybridized carbons (Fsp3) is 0.136. The van der Waals surface area contributed by atoms with E-state index in [0.717, 1.165) is 22.8 Å². The zero-order chi connectivity index (χ0) is 20.2. The number of ether oxygens (including phenoxy) is 1. The Labute approximate surface area is 183 Å². The molecule has 1 saturated heterocycles. The van der Waals surface area contributed by atoms with Crippen LogP contribution in [-0.2, 0) is 0 Å². The highest BCUT2D eigenvalue weighted by atomic mass is 35.5. The van der Waals surface area contributed by atoms with Crippen LogP contribution >= 0.6 is 35.0 Å². The lowest BCUT2D eigenvalue weighted by molar-refractivity contribution is 0.214. The number of hydrogen-bond acceptors (Lipinski definition) is 3. The van der Waals surface area contributed by atoms with Crippen molar-refractivity contribution < 1.29 is 9.53 Å². The van der Waals surface area contributed by atoms with Gasteiger partial charge in [-0.15, -0.1) is 11.8 Å². The molecule has 1 aliphatic rings. The summed E-state index contributed by atoms with van der Waals surface area (Å²) >= 11 is 14.1. The Kier molecular flexibility index (Phi) is 6.19. The van der Waals surface area contributed by atoms with Crippen LogP contribution in [0.2, 0.25) is 10.0 Å². The summed E-state index contributed by atoms with van der Waals surface area (Å²) in [4.78, 5) is 14.7. The molecule has 0 aromatic heterocycles. The number of amides is 2. The summed E-state index contributed by atoms with van der Waals surface area (Å²) in [6, 6.07) is 22.3. The molecule has 29 heavy (non-hydrogen) atoms. The molecule has 1 unspecified atom stereocenters. The third-order valence-corrected chi connectivity index (χ3v) is 6.36. The van der Waals surface area contributed by atoms with E-state index in [1.807, 2.05) is 54.6 Å². The van der Waals surface area contributed by atoms with Crippen LogP contribution < -0.4 is 10.1 Å². The minimum atomic E-state index is -0.232. The Morgan fingerprint density at radius 2 is 1.66 bits per heavy atom. The predicted molar refractivity (Wildman–Crippen MR) is 120 cm³/mol. The van der Waals surface area contributed by atoms with Crippen LogP contribution in [0.1, 0.15) is 10.9 Å². The molecule has 3 aromatic rings. The number of nitrogens with zero attached hydrogens (tertiary/aromatic N) is 1.